The zero-order valence-corrected chi connectivity index (χ0v) is 12.4. The summed E-state index contributed by atoms with van der Waals surface area (Å²) < 4.78 is 0. The van der Waals surface area contributed by atoms with E-state index in [1.165, 1.54) is 0 Å². The van der Waals surface area contributed by atoms with Crippen LogP contribution < -0.4 is 10.6 Å². The Labute approximate surface area is 125 Å². The molecule has 1 aliphatic heterocycles. The molecule has 0 radical (unpaired) electrons. The highest BCUT2D eigenvalue weighted by molar-refractivity contribution is 6.03. The number of carbonyl (C=O) groups is 1. The van der Waals surface area contributed by atoms with E-state index in [1.54, 1.807) is 6.20 Å². The fraction of sp³-hybridized carbons (Fsp3) is 0.412. The number of piperidine rings is 1. The fourth-order valence-electron chi connectivity index (χ4n) is 3.11. The topological polar surface area (TPSA) is 54.0 Å². The number of carbonyl (C=O) groups excluding carboxylic acids is 1. The molecule has 4 nitrogen and oxygen atoms in total. The van der Waals surface area contributed by atoms with Crippen LogP contribution in [0.1, 0.15) is 26.2 Å². The first-order valence-electron chi connectivity index (χ1n) is 7.60. The molecule has 1 aliphatic rings. The summed E-state index contributed by atoms with van der Waals surface area (Å²) in [4.78, 5) is 16.9. The number of benzene rings is 1. The Morgan fingerprint density at radius 2 is 2.33 bits per heavy atom. The number of nitrogens with one attached hydrogen (secondary N) is 2. The van der Waals surface area contributed by atoms with Crippen molar-refractivity contribution in [2.24, 2.45) is 5.41 Å². The van der Waals surface area contributed by atoms with Crippen molar-refractivity contribution >= 4 is 22.4 Å². The maximum absolute atomic E-state index is 12.8. The molecular formula is C17H21N3O. The van der Waals surface area contributed by atoms with E-state index < -0.39 is 0 Å². The molecule has 1 unspecified atom stereocenters. The van der Waals surface area contributed by atoms with Crippen LogP contribution in [0.2, 0.25) is 0 Å². The van der Waals surface area contributed by atoms with Crippen molar-refractivity contribution in [3.8, 4) is 0 Å². The van der Waals surface area contributed by atoms with Gasteiger partial charge in [-0.05, 0) is 37.9 Å². The molecule has 2 N–H and O–H groups in total. The number of amides is 1. The number of aromatic nitrogens is 1. The Morgan fingerprint density at radius 3 is 3.10 bits per heavy atom. The first-order chi connectivity index (χ1) is 10.2. The van der Waals surface area contributed by atoms with Crippen LogP contribution in [0.15, 0.2) is 36.7 Å². The molecule has 1 aromatic carbocycles. The summed E-state index contributed by atoms with van der Waals surface area (Å²) in [5.74, 6) is 0.126. The third-order valence-corrected chi connectivity index (χ3v) is 4.56. The normalized spacial score (nSPS) is 22.1. The molecule has 3 rings (SSSR count). The van der Waals surface area contributed by atoms with Crippen molar-refractivity contribution in [1.29, 1.82) is 0 Å². The van der Waals surface area contributed by atoms with Crippen molar-refractivity contribution in [2.75, 3.05) is 18.4 Å². The van der Waals surface area contributed by atoms with Gasteiger partial charge in [-0.25, -0.2) is 0 Å². The second-order valence-corrected chi connectivity index (χ2v) is 5.77. The van der Waals surface area contributed by atoms with E-state index in [4.69, 9.17) is 0 Å². The first kappa shape index (κ1) is 14.0. The second kappa shape index (κ2) is 5.82. The summed E-state index contributed by atoms with van der Waals surface area (Å²) in [5.41, 5.74) is 0.589. The van der Waals surface area contributed by atoms with E-state index >= 15 is 0 Å². The minimum atomic E-state index is -0.284. The van der Waals surface area contributed by atoms with Gasteiger partial charge in [0.25, 0.3) is 0 Å². The third kappa shape index (κ3) is 2.63. The number of hydrogen-bond donors (Lipinski definition) is 2. The molecule has 1 aromatic heterocycles. The Bertz CT molecular complexity index is 642. The van der Waals surface area contributed by atoms with Crippen molar-refractivity contribution in [2.45, 2.75) is 26.2 Å². The molecule has 0 aliphatic carbocycles. The zero-order chi connectivity index (χ0) is 14.7. The largest absolute Gasteiger partial charge is 0.325 e. The molecule has 2 heterocycles. The zero-order valence-electron chi connectivity index (χ0n) is 12.4. The van der Waals surface area contributed by atoms with E-state index in [-0.39, 0.29) is 11.3 Å². The number of pyridine rings is 1. The highest BCUT2D eigenvalue weighted by Crippen LogP contribution is 2.32. The van der Waals surface area contributed by atoms with Gasteiger partial charge in [0.05, 0.1) is 5.41 Å². The summed E-state index contributed by atoms with van der Waals surface area (Å²) in [6.07, 6.45) is 6.45. The van der Waals surface area contributed by atoms with Gasteiger partial charge in [-0.2, -0.15) is 0 Å². The van der Waals surface area contributed by atoms with Gasteiger partial charge in [-0.15, -0.1) is 0 Å². The summed E-state index contributed by atoms with van der Waals surface area (Å²) >= 11 is 0. The Morgan fingerprint density at radius 1 is 1.43 bits per heavy atom. The molecule has 0 spiro atoms. The van der Waals surface area contributed by atoms with Crippen molar-refractivity contribution in [1.82, 2.24) is 10.3 Å². The molecule has 1 fully saturated rings. The summed E-state index contributed by atoms with van der Waals surface area (Å²) in [6.45, 7) is 3.87. The predicted molar refractivity (Wildman–Crippen MR) is 85.2 cm³/mol. The second-order valence-electron chi connectivity index (χ2n) is 5.77. The average Bonchev–Trinajstić information content (AvgIpc) is 2.56. The lowest BCUT2D eigenvalue weighted by Crippen LogP contribution is -2.47. The van der Waals surface area contributed by atoms with Crippen LogP contribution in [0, 0.1) is 5.41 Å². The monoisotopic (exact) mass is 283 g/mol. The maximum Gasteiger partial charge on any atom is 0.231 e. The lowest BCUT2D eigenvalue weighted by atomic mass is 9.77. The van der Waals surface area contributed by atoms with Gasteiger partial charge < -0.3 is 10.6 Å². The average molecular weight is 283 g/mol. The fourth-order valence-corrected chi connectivity index (χ4v) is 3.11. The predicted octanol–water partition coefficient (Wildman–Crippen LogP) is 2.95. The molecule has 110 valence electrons. The molecule has 4 heteroatoms. The Hall–Kier alpha value is -1.94. The van der Waals surface area contributed by atoms with Crippen molar-refractivity contribution in [3.63, 3.8) is 0 Å². The van der Waals surface area contributed by atoms with E-state index in [9.17, 15) is 4.79 Å². The molecule has 1 saturated heterocycles. The van der Waals surface area contributed by atoms with E-state index in [0.29, 0.717) is 0 Å². The van der Waals surface area contributed by atoms with Crippen LogP contribution in [0.3, 0.4) is 0 Å². The standard InChI is InChI=1S/C17H21N3O/c1-2-17(8-4-9-19-12-17)16(21)20-15-6-3-5-13-11-18-10-7-14(13)15/h3,5-7,10-11,19H,2,4,8-9,12H2,1H3,(H,20,21). The van der Waals surface area contributed by atoms with Crippen LogP contribution in [-0.2, 0) is 4.79 Å². The van der Waals surface area contributed by atoms with Gasteiger partial charge in [0, 0.05) is 35.4 Å². The molecule has 0 bridgehead atoms. The minimum Gasteiger partial charge on any atom is -0.325 e. The van der Waals surface area contributed by atoms with Crippen molar-refractivity contribution < 1.29 is 4.79 Å². The molecule has 0 saturated carbocycles. The van der Waals surface area contributed by atoms with Gasteiger partial charge >= 0.3 is 0 Å². The third-order valence-electron chi connectivity index (χ3n) is 4.56. The highest BCUT2D eigenvalue weighted by Gasteiger charge is 2.37. The number of nitrogens with zero attached hydrogens (tertiary/aromatic N) is 1. The molecule has 1 atom stereocenters. The number of rotatable bonds is 3. The maximum atomic E-state index is 12.8. The quantitative estimate of drug-likeness (QED) is 0.910. The Kier molecular flexibility index (Phi) is 3.88. The summed E-state index contributed by atoms with van der Waals surface area (Å²) in [6, 6.07) is 7.87. The number of anilines is 1. The molecule has 1 amide bonds. The number of hydrogen-bond acceptors (Lipinski definition) is 3. The van der Waals surface area contributed by atoms with Gasteiger partial charge in [0.15, 0.2) is 0 Å². The lowest BCUT2D eigenvalue weighted by molar-refractivity contribution is -0.126. The summed E-state index contributed by atoms with van der Waals surface area (Å²) in [5, 5.41) is 8.58. The molecule has 2 aromatic rings. The van der Waals surface area contributed by atoms with Gasteiger partial charge in [-0.3, -0.25) is 9.78 Å². The van der Waals surface area contributed by atoms with Crippen LogP contribution in [-0.4, -0.2) is 24.0 Å². The smallest absolute Gasteiger partial charge is 0.231 e. The van der Waals surface area contributed by atoms with E-state index in [1.807, 2.05) is 30.5 Å². The molecular weight excluding hydrogens is 262 g/mol. The van der Waals surface area contributed by atoms with E-state index in [0.717, 1.165) is 48.8 Å². The van der Waals surface area contributed by atoms with Crippen LogP contribution in [0.25, 0.3) is 10.8 Å². The Balaban J connectivity index is 1.89. The lowest BCUT2D eigenvalue weighted by Gasteiger charge is -2.35. The van der Waals surface area contributed by atoms with Gasteiger partial charge in [0.1, 0.15) is 0 Å². The highest BCUT2D eigenvalue weighted by atomic mass is 16.2. The minimum absolute atomic E-state index is 0.126. The van der Waals surface area contributed by atoms with E-state index in [2.05, 4.69) is 22.5 Å². The van der Waals surface area contributed by atoms with Gasteiger partial charge in [-0.1, -0.05) is 19.1 Å². The number of fused-ring (bicyclic) bond motifs is 1. The first-order valence-corrected chi connectivity index (χ1v) is 7.60. The molecule has 21 heavy (non-hydrogen) atoms. The van der Waals surface area contributed by atoms with Crippen LogP contribution in [0.4, 0.5) is 5.69 Å². The van der Waals surface area contributed by atoms with Crippen LogP contribution in [0.5, 0.6) is 0 Å². The van der Waals surface area contributed by atoms with Gasteiger partial charge in [0.2, 0.25) is 5.91 Å². The van der Waals surface area contributed by atoms with Crippen LogP contribution >= 0.6 is 0 Å². The summed E-state index contributed by atoms with van der Waals surface area (Å²) in [7, 11) is 0. The SMILES string of the molecule is CCC1(C(=O)Nc2cccc3cnccc23)CCCNC1. The van der Waals surface area contributed by atoms with Crippen molar-refractivity contribution in [3.05, 3.63) is 36.7 Å².